The molecule has 5 N–H and O–H groups in total. The highest BCUT2D eigenvalue weighted by atomic mass is 35.5. The lowest BCUT2D eigenvalue weighted by Crippen LogP contribution is -3.00. The predicted octanol–water partition coefficient (Wildman–Crippen LogP) is -3.79. The molecule has 0 bridgehead atoms. The molecule has 1 aliphatic rings. The molecule has 0 aliphatic carbocycles. The van der Waals surface area contributed by atoms with Gasteiger partial charge in [-0.05, 0) is 24.1 Å². The highest BCUT2D eigenvalue weighted by molar-refractivity contribution is 5.83. The van der Waals surface area contributed by atoms with E-state index in [1.165, 1.54) is 12.7 Å². The Hall–Kier alpha value is -3.03. The molecule has 1 amide bonds. The maximum Gasteiger partial charge on any atom is 0.237 e. The number of benzene rings is 1. The number of hydrogen-bond donors (Lipinski definition) is 4. The molecule has 1 aromatic carbocycles. The van der Waals surface area contributed by atoms with Gasteiger partial charge in [-0.3, -0.25) is 9.36 Å². The van der Waals surface area contributed by atoms with Crippen molar-refractivity contribution < 1.29 is 36.9 Å². The van der Waals surface area contributed by atoms with Crippen LogP contribution in [0.3, 0.4) is 0 Å². The van der Waals surface area contributed by atoms with Crippen molar-refractivity contribution in [3.8, 4) is 5.75 Å². The van der Waals surface area contributed by atoms with Crippen molar-refractivity contribution in [2.24, 2.45) is 5.73 Å². The van der Waals surface area contributed by atoms with Crippen molar-refractivity contribution in [3.05, 3.63) is 42.5 Å². The van der Waals surface area contributed by atoms with E-state index in [-0.39, 0.29) is 12.4 Å². The van der Waals surface area contributed by atoms with E-state index in [1.54, 1.807) is 28.7 Å². The van der Waals surface area contributed by atoms with E-state index in [2.05, 4.69) is 20.3 Å². The van der Waals surface area contributed by atoms with Crippen molar-refractivity contribution in [2.45, 2.75) is 36.9 Å². The van der Waals surface area contributed by atoms with E-state index < -0.39 is 43.0 Å². The number of hydrogen-bond acceptors (Lipinski definition) is 10. The molecule has 0 radical (unpaired) electrons. The zero-order valence-corrected chi connectivity index (χ0v) is 20.3. The van der Waals surface area contributed by atoms with Crippen LogP contribution in [0.4, 0.5) is 5.82 Å². The van der Waals surface area contributed by atoms with Crippen LogP contribution in [0.5, 0.6) is 5.75 Å². The fourth-order valence-electron chi connectivity index (χ4n) is 4.04. The maximum atomic E-state index is 12.8. The van der Waals surface area contributed by atoms with Crippen LogP contribution >= 0.6 is 0 Å². The number of carbonyl (C=O) groups excluding carboxylic acids is 1. The summed E-state index contributed by atoms with van der Waals surface area (Å²) in [6, 6.07) is 5.52. The summed E-state index contributed by atoms with van der Waals surface area (Å²) in [6.45, 7) is -0.406. The van der Waals surface area contributed by atoms with Crippen molar-refractivity contribution in [1.82, 2.24) is 24.8 Å². The van der Waals surface area contributed by atoms with Gasteiger partial charge in [0.2, 0.25) is 5.91 Å². The van der Waals surface area contributed by atoms with Crippen LogP contribution in [0.25, 0.3) is 11.2 Å². The number of nitrogens with zero attached hydrogens (tertiary/aromatic N) is 5. The Morgan fingerprint density at radius 1 is 1.29 bits per heavy atom. The van der Waals surface area contributed by atoms with E-state index >= 15 is 0 Å². The van der Waals surface area contributed by atoms with E-state index in [0.29, 0.717) is 29.2 Å². The van der Waals surface area contributed by atoms with E-state index in [0.717, 1.165) is 5.56 Å². The standard InChI is InChI=1S/C22H29N7O5.ClH/c1-28(2)19-17-20(25-10-24-19)29(11-26-17)22-18(31)16(15(9-30)34-22)27-21(32)14(23)8-12-4-6-13(33-3)7-5-12;/h4-7,10-11,14-16,18,22,30-31H,8-9,23H2,1-3H3,(H,27,32);1H/p-1. The fourth-order valence-corrected chi connectivity index (χ4v) is 4.04. The molecular formula is C22H29ClN7O5-. The molecule has 5 unspecified atom stereocenters. The third-order valence-corrected chi connectivity index (χ3v) is 5.85. The lowest BCUT2D eigenvalue weighted by Gasteiger charge is -2.23. The number of nitrogens with one attached hydrogen (secondary N) is 1. The number of methoxy groups -OCH3 is 1. The number of halogens is 1. The van der Waals surface area contributed by atoms with Crippen molar-refractivity contribution in [2.75, 3.05) is 32.7 Å². The Kier molecular flexibility index (Phi) is 8.46. The molecule has 12 nitrogen and oxygen atoms in total. The topological polar surface area (TPSA) is 161 Å². The molecule has 0 spiro atoms. The van der Waals surface area contributed by atoms with E-state index in [9.17, 15) is 15.0 Å². The van der Waals surface area contributed by atoms with Gasteiger partial charge in [0.15, 0.2) is 23.2 Å². The summed E-state index contributed by atoms with van der Waals surface area (Å²) in [5.41, 5.74) is 7.98. The van der Waals surface area contributed by atoms with Crippen LogP contribution in [-0.4, -0.2) is 87.7 Å². The van der Waals surface area contributed by atoms with Crippen LogP contribution in [0.15, 0.2) is 36.9 Å². The summed E-state index contributed by atoms with van der Waals surface area (Å²) >= 11 is 0. The van der Waals surface area contributed by atoms with Gasteiger partial charge in [0.1, 0.15) is 24.3 Å². The second-order valence-corrected chi connectivity index (χ2v) is 8.35. The first-order chi connectivity index (χ1) is 16.3. The highest BCUT2D eigenvalue weighted by Gasteiger charge is 2.46. The lowest BCUT2D eigenvalue weighted by molar-refractivity contribution is -0.124. The summed E-state index contributed by atoms with van der Waals surface area (Å²) in [5, 5.41) is 23.6. The summed E-state index contributed by atoms with van der Waals surface area (Å²) in [4.78, 5) is 27.5. The minimum Gasteiger partial charge on any atom is -1.00 e. The molecule has 1 fully saturated rings. The summed E-state index contributed by atoms with van der Waals surface area (Å²) < 4.78 is 12.6. The SMILES string of the molecule is COc1ccc(CC(N)C(=O)NC2C(CO)OC(n3cnc4c(N(C)C)ncnc43)C2O)cc1.[Cl-]. The van der Waals surface area contributed by atoms with Gasteiger partial charge < -0.3 is 48.0 Å². The maximum absolute atomic E-state index is 12.8. The van der Waals surface area contributed by atoms with Crippen LogP contribution < -0.4 is 33.1 Å². The van der Waals surface area contributed by atoms with Crippen molar-refractivity contribution in [1.29, 1.82) is 0 Å². The van der Waals surface area contributed by atoms with Gasteiger partial charge in [-0.25, -0.2) is 15.0 Å². The minimum absolute atomic E-state index is 0. The second kappa shape index (κ2) is 11.1. The normalized spacial score (nSPS) is 22.5. The molecule has 3 heterocycles. The molecule has 1 saturated heterocycles. The van der Waals surface area contributed by atoms with Gasteiger partial charge in [-0.1, -0.05) is 12.1 Å². The van der Waals surface area contributed by atoms with Crippen LogP contribution in [0.2, 0.25) is 0 Å². The number of anilines is 1. The molecular weight excluding hydrogens is 478 g/mol. The number of nitrogens with two attached hydrogens (primary N) is 1. The summed E-state index contributed by atoms with van der Waals surface area (Å²) in [7, 11) is 5.25. The number of aliphatic hydroxyl groups is 2. The van der Waals surface area contributed by atoms with Gasteiger partial charge in [0.05, 0.1) is 32.1 Å². The number of fused-ring (bicyclic) bond motifs is 1. The molecule has 0 saturated carbocycles. The third kappa shape index (κ3) is 5.31. The van der Waals surface area contributed by atoms with Gasteiger partial charge in [0, 0.05) is 14.1 Å². The Morgan fingerprint density at radius 2 is 2.00 bits per heavy atom. The largest absolute Gasteiger partial charge is 1.00 e. The zero-order chi connectivity index (χ0) is 24.4. The van der Waals surface area contributed by atoms with Gasteiger partial charge in [-0.15, -0.1) is 0 Å². The average molecular weight is 507 g/mol. The first-order valence-electron chi connectivity index (χ1n) is 10.8. The zero-order valence-electron chi connectivity index (χ0n) is 19.6. The first-order valence-corrected chi connectivity index (χ1v) is 10.8. The molecule has 190 valence electrons. The Labute approximate surface area is 208 Å². The summed E-state index contributed by atoms with van der Waals surface area (Å²) in [5.74, 6) is 0.861. The van der Waals surface area contributed by atoms with Gasteiger partial charge in [-0.2, -0.15) is 0 Å². The lowest BCUT2D eigenvalue weighted by atomic mass is 10.0. The number of aliphatic hydroxyl groups excluding tert-OH is 2. The van der Waals surface area contributed by atoms with Gasteiger partial charge in [0.25, 0.3) is 0 Å². The van der Waals surface area contributed by atoms with E-state index in [4.69, 9.17) is 15.2 Å². The van der Waals surface area contributed by atoms with E-state index in [1.807, 2.05) is 26.2 Å². The quantitative estimate of drug-likeness (QED) is 0.238. The smallest absolute Gasteiger partial charge is 0.237 e. The number of rotatable bonds is 8. The van der Waals surface area contributed by atoms with Crippen molar-refractivity contribution in [3.63, 3.8) is 0 Å². The Bertz CT molecular complexity index is 1140. The Morgan fingerprint density at radius 3 is 2.63 bits per heavy atom. The molecule has 35 heavy (non-hydrogen) atoms. The monoisotopic (exact) mass is 506 g/mol. The number of imidazole rings is 1. The number of amides is 1. The van der Waals surface area contributed by atoms with Crippen molar-refractivity contribution >= 4 is 22.9 Å². The third-order valence-electron chi connectivity index (χ3n) is 5.85. The summed E-state index contributed by atoms with van der Waals surface area (Å²) in [6.07, 6.45) is 0.250. The number of carbonyl (C=O) groups is 1. The first kappa shape index (κ1) is 26.6. The molecule has 13 heteroatoms. The Balaban J connectivity index is 0.00000342. The van der Waals surface area contributed by atoms with Crippen LogP contribution in [0.1, 0.15) is 11.8 Å². The van der Waals surface area contributed by atoms with Crippen LogP contribution in [0, 0.1) is 0 Å². The number of ether oxygens (including phenoxy) is 2. The van der Waals surface area contributed by atoms with Gasteiger partial charge >= 0.3 is 0 Å². The average Bonchev–Trinajstić information content (AvgIpc) is 3.40. The second-order valence-electron chi connectivity index (χ2n) is 8.35. The molecule has 3 aromatic rings. The number of aromatic nitrogens is 4. The predicted molar refractivity (Wildman–Crippen MR) is 123 cm³/mol. The molecule has 5 atom stereocenters. The van der Waals surface area contributed by atoms with Crippen LogP contribution in [-0.2, 0) is 16.0 Å². The molecule has 4 rings (SSSR count). The minimum atomic E-state index is -1.18. The highest BCUT2D eigenvalue weighted by Crippen LogP contribution is 2.32. The molecule has 1 aliphatic heterocycles. The molecule has 2 aromatic heterocycles. The fraction of sp³-hybridized carbons (Fsp3) is 0.455.